The zero-order valence-corrected chi connectivity index (χ0v) is 11.8. The zero-order chi connectivity index (χ0) is 13.1. The molecular weight excluding hydrogens is 236 g/mol. The molecule has 0 spiro atoms. The van der Waals surface area contributed by atoms with Gasteiger partial charge in [-0.2, -0.15) is 0 Å². The number of benzene rings is 1. The Morgan fingerprint density at radius 3 is 3.00 bits per heavy atom. The quantitative estimate of drug-likeness (QED) is 0.895. The highest BCUT2D eigenvalue weighted by Gasteiger charge is 2.27. The molecule has 19 heavy (non-hydrogen) atoms. The lowest BCUT2D eigenvalue weighted by atomic mass is 9.93. The van der Waals surface area contributed by atoms with Gasteiger partial charge in [0.15, 0.2) is 0 Å². The predicted molar refractivity (Wildman–Crippen MR) is 77.2 cm³/mol. The molecule has 0 radical (unpaired) electrons. The minimum Gasteiger partial charge on any atom is -0.381 e. The molecule has 0 saturated carbocycles. The SMILES string of the molecule is CNC1CCOCC1CN1CCc2ccccc2C1. The Morgan fingerprint density at radius 1 is 1.32 bits per heavy atom. The van der Waals surface area contributed by atoms with E-state index in [4.69, 9.17) is 4.74 Å². The second-order valence-electron chi connectivity index (χ2n) is 5.77. The van der Waals surface area contributed by atoms with Gasteiger partial charge < -0.3 is 10.1 Å². The summed E-state index contributed by atoms with van der Waals surface area (Å²) < 4.78 is 5.66. The monoisotopic (exact) mass is 260 g/mol. The first-order valence-corrected chi connectivity index (χ1v) is 7.41. The fourth-order valence-electron chi connectivity index (χ4n) is 3.40. The predicted octanol–water partition coefficient (Wildman–Crippen LogP) is 1.67. The number of fused-ring (bicyclic) bond motifs is 1. The first kappa shape index (κ1) is 13.1. The van der Waals surface area contributed by atoms with Gasteiger partial charge in [0.2, 0.25) is 0 Å². The van der Waals surface area contributed by atoms with Crippen LogP contribution in [-0.4, -0.2) is 44.3 Å². The average Bonchev–Trinajstić information content (AvgIpc) is 2.48. The molecule has 2 aliphatic rings. The van der Waals surface area contributed by atoms with E-state index in [0.717, 1.165) is 32.7 Å². The molecular formula is C16H24N2O. The van der Waals surface area contributed by atoms with Gasteiger partial charge in [-0.05, 0) is 31.0 Å². The van der Waals surface area contributed by atoms with E-state index in [1.165, 1.54) is 24.1 Å². The van der Waals surface area contributed by atoms with Gasteiger partial charge in [0.1, 0.15) is 0 Å². The number of hydrogen-bond donors (Lipinski definition) is 1. The lowest BCUT2D eigenvalue weighted by Crippen LogP contribution is -2.47. The molecule has 1 fully saturated rings. The summed E-state index contributed by atoms with van der Waals surface area (Å²) in [5.41, 5.74) is 3.04. The first-order valence-electron chi connectivity index (χ1n) is 7.41. The van der Waals surface area contributed by atoms with Crippen LogP contribution in [0.4, 0.5) is 0 Å². The van der Waals surface area contributed by atoms with Crippen molar-refractivity contribution in [2.75, 3.05) is 33.4 Å². The Balaban J connectivity index is 1.62. The fraction of sp³-hybridized carbons (Fsp3) is 0.625. The summed E-state index contributed by atoms with van der Waals surface area (Å²) in [6.45, 7) is 5.25. The van der Waals surface area contributed by atoms with Crippen LogP contribution in [0.15, 0.2) is 24.3 Å². The summed E-state index contributed by atoms with van der Waals surface area (Å²) >= 11 is 0. The van der Waals surface area contributed by atoms with E-state index < -0.39 is 0 Å². The van der Waals surface area contributed by atoms with E-state index in [2.05, 4.69) is 41.5 Å². The van der Waals surface area contributed by atoms with Gasteiger partial charge in [0.25, 0.3) is 0 Å². The van der Waals surface area contributed by atoms with Gasteiger partial charge in [-0.1, -0.05) is 24.3 Å². The van der Waals surface area contributed by atoms with Crippen LogP contribution in [0.25, 0.3) is 0 Å². The van der Waals surface area contributed by atoms with E-state index in [1.54, 1.807) is 0 Å². The summed E-state index contributed by atoms with van der Waals surface area (Å²) in [4.78, 5) is 2.59. The second-order valence-corrected chi connectivity index (χ2v) is 5.77. The molecule has 2 atom stereocenters. The third kappa shape index (κ3) is 2.99. The molecule has 0 aliphatic carbocycles. The lowest BCUT2D eigenvalue weighted by Gasteiger charge is -2.37. The molecule has 3 heteroatoms. The molecule has 1 N–H and O–H groups in total. The maximum Gasteiger partial charge on any atom is 0.0521 e. The van der Waals surface area contributed by atoms with Gasteiger partial charge in [-0.15, -0.1) is 0 Å². The van der Waals surface area contributed by atoms with Crippen molar-refractivity contribution in [1.82, 2.24) is 10.2 Å². The summed E-state index contributed by atoms with van der Waals surface area (Å²) in [7, 11) is 2.08. The summed E-state index contributed by atoms with van der Waals surface area (Å²) in [6, 6.07) is 9.47. The van der Waals surface area contributed by atoms with E-state index in [-0.39, 0.29) is 0 Å². The molecule has 0 amide bonds. The van der Waals surface area contributed by atoms with Crippen molar-refractivity contribution in [3.63, 3.8) is 0 Å². The molecule has 0 bridgehead atoms. The molecule has 2 aliphatic heterocycles. The molecule has 1 saturated heterocycles. The maximum absolute atomic E-state index is 5.66. The van der Waals surface area contributed by atoms with Crippen LogP contribution in [-0.2, 0) is 17.7 Å². The normalized spacial score (nSPS) is 28.1. The molecule has 0 aromatic heterocycles. The number of hydrogen-bond acceptors (Lipinski definition) is 3. The van der Waals surface area contributed by atoms with E-state index in [1.807, 2.05) is 0 Å². The van der Waals surface area contributed by atoms with Crippen LogP contribution < -0.4 is 5.32 Å². The van der Waals surface area contributed by atoms with E-state index in [9.17, 15) is 0 Å². The Morgan fingerprint density at radius 2 is 2.16 bits per heavy atom. The third-order valence-corrected chi connectivity index (χ3v) is 4.55. The second kappa shape index (κ2) is 6.04. The van der Waals surface area contributed by atoms with Gasteiger partial charge in [-0.25, -0.2) is 0 Å². The Labute approximate surface area is 115 Å². The number of rotatable bonds is 3. The molecule has 3 nitrogen and oxygen atoms in total. The van der Waals surface area contributed by atoms with Gasteiger partial charge in [0.05, 0.1) is 6.61 Å². The van der Waals surface area contributed by atoms with Crippen molar-refractivity contribution < 1.29 is 4.74 Å². The summed E-state index contributed by atoms with van der Waals surface area (Å²) in [6.07, 6.45) is 2.33. The standard InChI is InChI=1S/C16H24N2O/c1-17-16-7-9-19-12-15(16)11-18-8-6-13-4-2-3-5-14(13)10-18/h2-5,15-17H,6-12H2,1H3. The maximum atomic E-state index is 5.66. The van der Waals surface area contributed by atoms with Crippen LogP contribution in [0.5, 0.6) is 0 Å². The Hall–Kier alpha value is -0.900. The third-order valence-electron chi connectivity index (χ3n) is 4.55. The van der Waals surface area contributed by atoms with Crippen LogP contribution in [0.3, 0.4) is 0 Å². The molecule has 3 rings (SSSR count). The van der Waals surface area contributed by atoms with Crippen LogP contribution in [0, 0.1) is 5.92 Å². The minimum absolute atomic E-state index is 0.617. The molecule has 104 valence electrons. The summed E-state index contributed by atoms with van der Waals surface area (Å²) in [5, 5.41) is 3.46. The van der Waals surface area contributed by atoms with Crippen molar-refractivity contribution in [2.24, 2.45) is 5.92 Å². The van der Waals surface area contributed by atoms with Crippen LogP contribution >= 0.6 is 0 Å². The number of ether oxygens (including phenoxy) is 1. The van der Waals surface area contributed by atoms with E-state index >= 15 is 0 Å². The average molecular weight is 260 g/mol. The highest BCUT2D eigenvalue weighted by atomic mass is 16.5. The first-order chi connectivity index (χ1) is 9.36. The van der Waals surface area contributed by atoms with Gasteiger partial charge in [0, 0.05) is 38.2 Å². The number of nitrogens with one attached hydrogen (secondary N) is 1. The highest BCUT2D eigenvalue weighted by Crippen LogP contribution is 2.22. The largest absolute Gasteiger partial charge is 0.381 e. The molecule has 2 heterocycles. The topological polar surface area (TPSA) is 24.5 Å². The van der Waals surface area contributed by atoms with Crippen LogP contribution in [0.1, 0.15) is 17.5 Å². The Bertz CT molecular complexity index is 421. The van der Waals surface area contributed by atoms with Crippen molar-refractivity contribution in [3.8, 4) is 0 Å². The fourth-order valence-corrected chi connectivity index (χ4v) is 3.40. The zero-order valence-electron chi connectivity index (χ0n) is 11.8. The van der Waals surface area contributed by atoms with Gasteiger partial charge in [-0.3, -0.25) is 4.90 Å². The van der Waals surface area contributed by atoms with Crippen molar-refractivity contribution in [2.45, 2.75) is 25.4 Å². The van der Waals surface area contributed by atoms with Crippen LogP contribution in [0.2, 0.25) is 0 Å². The molecule has 1 aromatic carbocycles. The smallest absolute Gasteiger partial charge is 0.0521 e. The molecule has 1 aromatic rings. The summed E-state index contributed by atoms with van der Waals surface area (Å²) in [5.74, 6) is 0.629. The minimum atomic E-state index is 0.617. The van der Waals surface area contributed by atoms with E-state index in [0.29, 0.717) is 12.0 Å². The lowest BCUT2D eigenvalue weighted by molar-refractivity contribution is 0.0165. The van der Waals surface area contributed by atoms with Crippen molar-refractivity contribution in [3.05, 3.63) is 35.4 Å². The van der Waals surface area contributed by atoms with Gasteiger partial charge >= 0.3 is 0 Å². The Kier molecular flexibility index (Phi) is 4.16. The molecule has 2 unspecified atom stereocenters. The van der Waals surface area contributed by atoms with Crippen molar-refractivity contribution >= 4 is 0 Å². The van der Waals surface area contributed by atoms with Crippen molar-refractivity contribution in [1.29, 1.82) is 0 Å². The highest BCUT2D eigenvalue weighted by molar-refractivity contribution is 5.29. The number of nitrogens with zero attached hydrogens (tertiary/aromatic N) is 1.